The van der Waals surface area contributed by atoms with Gasteiger partial charge in [0.05, 0.1) is 23.2 Å². The highest BCUT2D eigenvalue weighted by molar-refractivity contribution is 6.42. The number of halogens is 2. The van der Waals surface area contributed by atoms with Crippen LogP contribution in [0.15, 0.2) is 91.1 Å². The molecule has 0 bridgehead atoms. The number of ether oxygens (including phenoxy) is 4. The van der Waals surface area contributed by atoms with Crippen LogP contribution >= 0.6 is 23.2 Å². The maximum atomic E-state index is 14.0. The number of carbonyl (C=O) groups excluding carboxylic acids is 2. The van der Waals surface area contributed by atoms with Crippen LogP contribution in [0.1, 0.15) is 59.0 Å². The molecule has 3 atom stereocenters. The summed E-state index contributed by atoms with van der Waals surface area (Å²) in [6.07, 6.45) is 0.854. The van der Waals surface area contributed by atoms with Gasteiger partial charge in [0.25, 0.3) is 0 Å². The second kappa shape index (κ2) is 18.0. The molecule has 0 saturated carbocycles. The molecule has 11 nitrogen and oxygen atoms in total. The van der Waals surface area contributed by atoms with Crippen molar-refractivity contribution in [2.75, 3.05) is 13.2 Å². The Kier molecular flexibility index (Phi) is 12.6. The van der Waals surface area contributed by atoms with Crippen molar-refractivity contribution in [1.82, 2.24) is 15.2 Å². The second-order valence-corrected chi connectivity index (χ2v) is 16.1. The maximum Gasteiger partial charge on any atom is 0.410 e. The van der Waals surface area contributed by atoms with Crippen molar-refractivity contribution in [2.45, 2.75) is 71.9 Å². The topological polar surface area (TPSA) is 137 Å². The van der Waals surface area contributed by atoms with E-state index in [1.807, 2.05) is 100 Å². The molecule has 5 aromatic rings. The molecule has 7 rings (SSSR count). The Labute approximate surface area is 353 Å². The molecule has 3 heterocycles. The van der Waals surface area contributed by atoms with Gasteiger partial charge in [0.2, 0.25) is 5.91 Å². The second-order valence-electron chi connectivity index (χ2n) is 15.3. The molecule has 13 heteroatoms. The average molecular weight is 839 g/mol. The minimum Gasteiger partial charge on any atom is -0.489 e. The SMILES string of the molecule is Cc1nccc(-c2ccc(C[C@H](NC(=O)[C@@H]3Cc4cc5c(cc4CN3C(=O)OCC(C)C)O[C@@H](c3ccc(OCc4ccc(Cl)c(Cl)c4)cc3)CO5)C(=O)O)cc2)c1C. The molecule has 0 saturated heterocycles. The summed E-state index contributed by atoms with van der Waals surface area (Å²) in [5.41, 5.74) is 8.08. The zero-order valence-electron chi connectivity index (χ0n) is 33.2. The minimum atomic E-state index is -1.24. The van der Waals surface area contributed by atoms with Crippen molar-refractivity contribution in [3.8, 4) is 28.4 Å². The van der Waals surface area contributed by atoms with E-state index in [1.54, 1.807) is 18.3 Å². The van der Waals surface area contributed by atoms with Crippen LogP contribution in [-0.2, 0) is 40.3 Å². The quantitative estimate of drug-likeness (QED) is 0.126. The Hall–Kier alpha value is -5.78. The molecule has 0 fully saturated rings. The lowest BCUT2D eigenvalue weighted by molar-refractivity contribution is -0.142. The van der Waals surface area contributed by atoms with Crippen LogP contribution in [0, 0.1) is 19.8 Å². The zero-order chi connectivity index (χ0) is 41.8. The highest BCUT2D eigenvalue weighted by atomic mass is 35.5. The van der Waals surface area contributed by atoms with Crippen LogP contribution in [0.4, 0.5) is 4.79 Å². The van der Waals surface area contributed by atoms with Crippen molar-refractivity contribution >= 4 is 41.2 Å². The van der Waals surface area contributed by atoms with Crippen LogP contribution < -0.4 is 19.5 Å². The molecule has 2 aliphatic rings. The maximum absolute atomic E-state index is 14.0. The number of carboxylic acids is 1. The summed E-state index contributed by atoms with van der Waals surface area (Å²) in [7, 11) is 0. The number of rotatable bonds is 12. The molecule has 2 aliphatic heterocycles. The number of benzene rings is 4. The first-order valence-electron chi connectivity index (χ1n) is 19.4. The molecule has 1 aromatic heterocycles. The van der Waals surface area contributed by atoms with E-state index < -0.39 is 36.2 Å². The Bertz CT molecular complexity index is 2350. The summed E-state index contributed by atoms with van der Waals surface area (Å²) in [6.45, 7) is 8.58. The third-order valence-corrected chi connectivity index (χ3v) is 11.3. The Morgan fingerprint density at radius 3 is 2.36 bits per heavy atom. The average Bonchev–Trinajstić information content (AvgIpc) is 3.23. The summed E-state index contributed by atoms with van der Waals surface area (Å²) in [6, 6.07) is 23.9. The van der Waals surface area contributed by atoms with Crippen LogP contribution in [-0.4, -0.2) is 58.3 Å². The lowest BCUT2D eigenvalue weighted by atomic mass is 9.92. The van der Waals surface area contributed by atoms with Crippen LogP contribution in [0.25, 0.3) is 11.1 Å². The van der Waals surface area contributed by atoms with Gasteiger partial charge in [-0.15, -0.1) is 0 Å². The largest absolute Gasteiger partial charge is 0.489 e. The monoisotopic (exact) mass is 837 g/mol. The van der Waals surface area contributed by atoms with Gasteiger partial charge in [-0.25, -0.2) is 9.59 Å². The molecular formula is C46H45Cl2N3O8. The summed E-state index contributed by atoms with van der Waals surface area (Å²) in [5.74, 6) is -0.0268. The summed E-state index contributed by atoms with van der Waals surface area (Å²) in [4.78, 5) is 45.8. The summed E-state index contributed by atoms with van der Waals surface area (Å²) in [5, 5.41) is 13.9. The number of carboxylic acid groups (broad SMARTS) is 1. The van der Waals surface area contributed by atoms with Crippen molar-refractivity contribution in [3.05, 3.63) is 140 Å². The molecule has 2 amide bonds. The fourth-order valence-corrected chi connectivity index (χ4v) is 7.43. The summed E-state index contributed by atoms with van der Waals surface area (Å²) >= 11 is 12.2. The van der Waals surface area contributed by atoms with Gasteiger partial charge in [-0.3, -0.25) is 14.7 Å². The van der Waals surface area contributed by atoms with E-state index in [1.165, 1.54) is 4.90 Å². The number of aryl methyl sites for hydroxylation is 1. The van der Waals surface area contributed by atoms with Crippen LogP contribution in [0.3, 0.4) is 0 Å². The lowest BCUT2D eigenvalue weighted by Gasteiger charge is -2.37. The zero-order valence-corrected chi connectivity index (χ0v) is 34.7. The first-order valence-corrected chi connectivity index (χ1v) is 20.2. The van der Waals surface area contributed by atoms with Crippen LogP contribution in [0.5, 0.6) is 17.2 Å². The lowest BCUT2D eigenvalue weighted by Crippen LogP contribution is -2.56. The highest BCUT2D eigenvalue weighted by Gasteiger charge is 2.39. The number of pyridine rings is 1. The number of fused-ring (bicyclic) bond motifs is 2. The van der Waals surface area contributed by atoms with Crippen molar-refractivity contribution in [1.29, 1.82) is 0 Å². The number of nitrogens with zero attached hydrogens (tertiary/aromatic N) is 2. The van der Waals surface area contributed by atoms with E-state index in [-0.39, 0.29) is 38.5 Å². The predicted molar refractivity (Wildman–Crippen MR) is 224 cm³/mol. The molecule has 4 aromatic carbocycles. The number of carbonyl (C=O) groups is 3. The fraction of sp³-hybridized carbons (Fsp3) is 0.304. The first kappa shape index (κ1) is 41.4. The van der Waals surface area contributed by atoms with Crippen molar-refractivity contribution < 1.29 is 38.4 Å². The minimum absolute atomic E-state index is 0.0453. The van der Waals surface area contributed by atoms with Gasteiger partial charge in [0, 0.05) is 24.7 Å². The number of aromatic nitrogens is 1. The van der Waals surface area contributed by atoms with E-state index in [2.05, 4.69) is 10.3 Å². The number of aliphatic carboxylic acids is 1. The van der Waals surface area contributed by atoms with Crippen molar-refractivity contribution in [2.24, 2.45) is 5.92 Å². The molecule has 0 spiro atoms. The molecule has 306 valence electrons. The Balaban J connectivity index is 1.04. The van der Waals surface area contributed by atoms with Gasteiger partial charge in [0.1, 0.15) is 31.0 Å². The van der Waals surface area contributed by atoms with E-state index in [4.69, 9.17) is 42.1 Å². The molecule has 2 N–H and O–H groups in total. The molecule has 59 heavy (non-hydrogen) atoms. The molecule has 0 unspecified atom stereocenters. The third-order valence-electron chi connectivity index (χ3n) is 10.5. The van der Waals surface area contributed by atoms with Gasteiger partial charge in [-0.2, -0.15) is 0 Å². The number of amides is 2. The van der Waals surface area contributed by atoms with Gasteiger partial charge in [0.15, 0.2) is 17.6 Å². The van der Waals surface area contributed by atoms with Gasteiger partial charge in [-0.1, -0.05) is 79.5 Å². The van der Waals surface area contributed by atoms with Crippen molar-refractivity contribution in [3.63, 3.8) is 0 Å². The standard InChI is InChI=1S/C46H45Cl2N3O8/c1-26(2)23-58-46(55)51-22-34-21-42-41(57-25-43(59-42)32-10-12-35(13-11-32)56-24-30-7-14-37(47)38(48)17-30)20-33(34)19-40(51)44(52)50-39(45(53)54)18-29-5-8-31(9-6-29)36-15-16-49-28(4)27(36)3/h5-17,20-21,26,39-40,43H,18-19,22-25H2,1-4H3,(H,50,52)(H,53,54)/t39-,40-,43+/m0/s1. The molecule has 0 aliphatic carbocycles. The normalized spacial score (nSPS) is 16.2. The molecule has 0 radical (unpaired) electrons. The van der Waals surface area contributed by atoms with Gasteiger partial charge < -0.3 is 29.4 Å². The van der Waals surface area contributed by atoms with Crippen LogP contribution in [0.2, 0.25) is 10.0 Å². The Morgan fingerprint density at radius 2 is 1.64 bits per heavy atom. The fourth-order valence-electron chi connectivity index (χ4n) is 7.11. The Morgan fingerprint density at radius 1 is 0.915 bits per heavy atom. The predicted octanol–water partition coefficient (Wildman–Crippen LogP) is 9.10. The highest BCUT2D eigenvalue weighted by Crippen LogP contribution is 2.41. The first-order chi connectivity index (χ1) is 28.3. The van der Waals surface area contributed by atoms with E-state index in [0.29, 0.717) is 33.9 Å². The number of hydrogen-bond acceptors (Lipinski definition) is 8. The van der Waals surface area contributed by atoms with E-state index >= 15 is 0 Å². The van der Waals surface area contributed by atoms with Gasteiger partial charge in [-0.05, 0) is 107 Å². The van der Waals surface area contributed by atoms with E-state index in [0.717, 1.165) is 50.2 Å². The number of hydrogen-bond donors (Lipinski definition) is 2. The molecular weight excluding hydrogens is 793 g/mol. The smallest absolute Gasteiger partial charge is 0.410 e. The van der Waals surface area contributed by atoms with E-state index in [9.17, 15) is 19.5 Å². The third kappa shape index (κ3) is 9.75. The van der Waals surface area contributed by atoms with Gasteiger partial charge >= 0.3 is 12.1 Å². The summed E-state index contributed by atoms with van der Waals surface area (Å²) < 4.78 is 24.2. The number of nitrogens with one attached hydrogen (secondary N) is 1.